The highest BCUT2D eigenvalue weighted by Crippen LogP contribution is 2.23. The Labute approximate surface area is 96.8 Å². The van der Waals surface area contributed by atoms with E-state index in [4.69, 9.17) is 10.5 Å². The molecule has 1 aromatic rings. The highest BCUT2D eigenvalue weighted by Gasteiger charge is 2.18. The summed E-state index contributed by atoms with van der Waals surface area (Å²) in [6, 6.07) is 0.0953. The summed E-state index contributed by atoms with van der Waals surface area (Å²) in [5.74, 6) is 0. The Morgan fingerprint density at radius 1 is 1.69 bits per heavy atom. The summed E-state index contributed by atoms with van der Waals surface area (Å²) in [6.45, 7) is 2.99. The second-order valence-corrected chi connectivity index (χ2v) is 4.63. The minimum absolute atomic E-state index is 0.0953. The fourth-order valence-corrected chi connectivity index (χ4v) is 2.27. The number of aromatic nitrogens is 2. The van der Waals surface area contributed by atoms with Gasteiger partial charge < -0.3 is 10.5 Å². The lowest BCUT2D eigenvalue weighted by atomic mass is 10.0. The van der Waals surface area contributed by atoms with Crippen molar-refractivity contribution in [3.8, 4) is 0 Å². The molecule has 16 heavy (non-hydrogen) atoms. The molecule has 1 aromatic heterocycles. The molecule has 0 saturated carbocycles. The second-order valence-electron chi connectivity index (χ2n) is 4.63. The number of nitrogens with two attached hydrogens (primary N) is 1. The Morgan fingerprint density at radius 3 is 3.06 bits per heavy atom. The molecule has 1 saturated heterocycles. The van der Waals surface area contributed by atoms with Crippen LogP contribution < -0.4 is 5.73 Å². The molecule has 2 heterocycles. The van der Waals surface area contributed by atoms with E-state index in [1.54, 1.807) is 0 Å². The van der Waals surface area contributed by atoms with Crippen molar-refractivity contribution in [2.45, 2.75) is 44.8 Å². The molecule has 0 aliphatic carbocycles. The zero-order valence-corrected chi connectivity index (χ0v) is 10.1. The van der Waals surface area contributed by atoms with Gasteiger partial charge in [0.25, 0.3) is 0 Å². The van der Waals surface area contributed by atoms with Crippen LogP contribution in [-0.2, 0) is 11.8 Å². The van der Waals surface area contributed by atoms with E-state index in [9.17, 15) is 0 Å². The Morgan fingerprint density at radius 2 is 2.50 bits per heavy atom. The van der Waals surface area contributed by atoms with Gasteiger partial charge in [0, 0.05) is 31.0 Å². The number of nitrogens with zero attached hydrogens (tertiary/aromatic N) is 2. The summed E-state index contributed by atoms with van der Waals surface area (Å²) in [5.41, 5.74) is 8.51. The zero-order valence-electron chi connectivity index (χ0n) is 10.1. The molecule has 0 aromatic carbocycles. The van der Waals surface area contributed by atoms with Crippen molar-refractivity contribution in [3.05, 3.63) is 17.5 Å². The molecule has 2 atom stereocenters. The molecule has 0 bridgehead atoms. The third-order valence-corrected chi connectivity index (χ3v) is 3.50. The predicted molar refractivity (Wildman–Crippen MR) is 63.1 cm³/mol. The van der Waals surface area contributed by atoms with Gasteiger partial charge in [-0.1, -0.05) is 0 Å². The normalized spacial score (nSPS) is 22.6. The SMILES string of the molecule is Cc1c(C(N)CCC2CCCO2)cnn1C. The average molecular weight is 223 g/mol. The fourth-order valence-electron chi connectivity index (χ4n) is 2.27. The van der Waals surface area contributed by atoms with Crippen molar-refractivity contribution in [2.75, 3.05) is 6.61 Å². The fraction of sp³-hybridized carbons (Fsp3) is 0.750. The van der Waals surface area contributed by atoms with E-state index >= 15 is 0 Å². The van der Waals surface area contributed by atoms with Gasteiger partial charge in [-0.15, -0.1) is 0 Å². The van der Waals surface area contributed by atoms with E-state index in [1.165, 1.54) is 24.1 Å². The second kappa shape index (κ2) is 4.97. The Bertz CT molecular complexity index is 342. The molecule has 90 valence electrons. The van der Waals surface area contributed by atoms with Crippen LogP contribution in [0, 0.1) is 6.92 Å². The van der Waals surface area contributed by atoms with Gasteiger partial charge in [0.2, 0.25) is 0 Å². The summed E-state index contributed by atoms with van der Waals surface area (Å²) < 4.78 is 7.47. The van der Waals surface area contributed by atoms with Gasteiger partial charge in [0.1, 0.15) is 0 Å². The quantitative estimate of drug-likeness (QED) is 0.845. The van der Waals surface area contributed by atoms with Crippen LogP contribution in [0.3, 0.4) is 0 Å². The number of ether oxygens (including phenoxy) is 1. The topological polar surface area (TPSA) is 53.1 Å². The molecule has 0 radical (unpaired) electrons. The van der Waals surface area contributed by atoms with Gasteiger partial charge in [0.15, 0.2) is 0 Å². The largest absolute Gasteiger partial charge is 0.378 e. The van der Waals surface area contributed by atoms with E-state index < -0.39 is 0 Å². The standard InChI is InChI=1S/C12H21N3O/c1-9-11(8-14-15(9)2)12(13)6-5-10-4-3-7-16-10/h8,10,12H,3-7,13H2,1-2H3. The van der Waals surface area contributed by atoms with Crippen molar-refractivity contribution in [3.63, 3.8) is 0 Å². The number of aryl methyl sites for hydroxylation is 1. The molecule has 2 N–H and O–H groups in total. The van der Waals surface area contributed by atoms with Crippen molar-refractivity contribution >= 4 is 0 Å². The number of hydrogen-bond donors (Lipinski definition) is 1. The lowest BCUT2D eigenvalue weighted by Gasteiger charge is -2.14. The molecule has 1 aliphatic heterocycles. The first-order chi connectivity index (χ1) is 7.68. The van der Waals surface area contributed by atoms with Crippen LogP contribution in [0.15, 0.2) is 6.20 Å². The minimum Gasteiger partial charge on any atom is -0.378 e. The van der Waals surface area contributed by atoms with Crippen LogP contribution in [0.25, 0.3) is 0 Å². The number of rotatable bonds is 4. The van der Waals surface area contributed by atoms with Crippen molar-refractivity contribution < 1.29 is 4.74 Å². The molecule has 0 amide bonds. The molecule has 1 aliphatic rings. The monoisotopic (exact) mass is 223 g/mol. The van der Waals surface area contributed by atoms with E-state index in [2.05, 4.69) is 12.0 Å². The van der Waals surface area contributed by atoms with Crippen LogP contribution >= 0.6 is 0 Å². The van der Waals surface area contributed by atoms with E-state index in [0.29, 0.717) is 6.10 Å². The molecule has 4 nitrogen and oxygen atoms in total. The van der Waals surface area contributed by atoms with Gasteiger partial charge in [0.05, 0.1) is 12.3 Å². The summed E-state index contributed by atoms with van der Waals surface area (Å²) in [4.78, 5) is 0. The summed E-state index contributed by atoms with van der Waals surface area (Å²) >= 11 is 0. The van der Waals surface area contributed by atoms with Gasteiger partial charge in [-0.25, -0.2) is 0 Å². The molecule has 0 spiro atoms. The molecule has 1 fully saturated rings. The molecular weight excluding hydrogens is 202 g/mol. The highest BCUT2D eigenvalue weighted by atomic mass is 16.5. The molecule has 2 rings (SSSR count). The molecular formula is C12H21N3O. The first kappa shape index (κ1) is 11.6. The van der Waals surface area contributed by atoms with Crippen molar-refractivity contribution in [1.82, 2.24) is 9.78 Å². The Hall–Kier alpha value is -0.870. The summed E-state index contributed by atoms with van der Waals surface area (Å²) in [6.07, 6.45) is 6.76. The van der Waals surface area contributed by atoms with Crippen molar-refractivity contribution in [2.24, 2.45) is 12.8 Å². The maximum Gasteiger partial charge on any atom is 0.0576 e. The van der Waals surface area contributed by atoms with Crippen LogP contribution in [0.4, 0.5) is 0 Å². The maximum absolute atomic E-state index is 6.18. The van der Waals surface area contributed by atoms with E-state index in [1.807, 2.05) is 17.9 Å². The summed E-state index contributed by atoms with van der Waals surface area (Å²) in [5, 5.41) is 4.22. The van der Waals surface area contributed by atoms with E-state index in [-0.39, 0.29) is 6.04 Å². The van der Waals surface area contributed by atoms with Crippen LogP contribution in [-0.4, -0.2) is 22.5 Å². The van der Waals surface area contributed by atoms with Crippen LogP contribution in [0.2, 0.25) is 0 Å². The lowest BCUT2D eigenvalue weighted by molar-refractivity contribution is 0.101. The maximum atomic E-state index is 6.18. The highest BCUT2D eigenvalue weighted by molar-refractivity contribution is 5.19. The van der Waals surface area contributed by atoms with E-state index in [0.717, 1.165) is 19.4 Å². The van der Waals surface area contributed by atoms with Crippen molar-refractivity contribution in [1.29, 1.82) is 0 Å². The van der Waals surface area contributed by atoms with Gasteiger partial charge in [-0.2, -0.15) is 5.10 Å². The minimum atomic E-state index is 0.0953. The third kappa shape index (κ3) is 2.44. The van der Waals surface area contributed by atoms with Gasteiger partial charge >= 0.3 is 0 Å². The Kier molecular flexibility index (Phi) is 3.61. The zero-order chi connectivity index (χ0) is 11.5. The first-order valence-corrected chi connectivity index (χ1v) is 6.04. The van der Waals surface area contributed by atoms with Crippen LogP contribution in [0.5, 0.6) is 0 Å². The van der Waals surface area contributed by atoms with Gasteiger partial charge in [-0.05, 0) is 32.6 Å². The smallest absolute Gasteiger partial charge is 0.0576 e. The van der Waals surface area contributed by atoms with Crippen LogP contribution in [0.1, 0.15) is 43.0 Å². The third-order valence-electron chi connectivity index (χ3n) is 3.50. The summed E-state index contributed by atoms with van der Waals surface area (Å²) in [7, 11) is 1.95. The number of hydrogen-bond acceptors (Lipinski definition) is 3. The average Bonchev–Trinajstić information content (AvgIpc) is 2.88. The predicted octanol–water partition coefficient (Wildman–Crippen LogP) is 1.69. The first-order valence-electron chi connectivity index (χ1n) is 6.04. The Balaban J connectivity index is 1.87. The van der Waals surface area contributed by atoms with Gasteiger partial charge in [-0.3, -0.25) is 4.68 Å². The molecule has 2 unspecified atom stereocenters. The molecule has 4 heteroatoms. The lowest BCUT2D eigenvalue weighted by Crippen LogP contribution is -2.15.